The molecule has 0 saturated carbocycles. The molecule has 1 aliphatic heterocycles. The first kappa shape index (κ1) is 28.7. The van der Waals surface area contributed by atoms with E-state index in [0.717, 1.165) is 36.0 Å². The van der Waals surface area contributed by atoms with Crippen molar-refractivity contribution in [3.63, 3.8) is 0 Å². The molecule has 3 aromatic carbocycles. The highest BCUT2D eigenvalue weighted by Crippen LogP contribution is 2.54. The van der Waals surface area contributed by atoms with Crippen molar-refractivity contribution >= 4 is 32.0 Å². The van der Waals surface area contributed by atoms with Crippen molar-refractivity contribution in [1.82, 2.24) is 0 Å². The largest absolute Gasteiger partial charge is 0.534 e. The zero-order chi connectivity index (χ0) is 28.8. The first-order chi connectivity index (χ1) is 18.0. The number of hydrogen-bond donors (Lipinski definition) is 1. The average molecular weight is 617 g/mol. The second kappa shape index (κ2) is 10.0. The first-order valence-corrected chi connectivity index (χ1v) is 14.0. The minimum atomic E-state index is -5.96. The summed E-state index contributed by atoms with van der Waals surface area (Å²) in [5.41, 5.74) is -10.8. The Morgan fingerprint density at radius 2 is 1.33 bits per heavy atom. The molecule has 8 nitrogen and oxygen atoms in total. The molecule has 0 radical (unpaired) electrons. The van der Waals surface area contributed by atoms with E-state index in [-0.39, 0.29) is 22.6 Å². The zero-order valence-corrected chi connectivity index (χ0v) is 21.3. The summed E-state index contributed by atoms with van der Waals surface area (Å²) in [5.74, 6) is -1.13. The van der Waals surface area contributed by atoms with Crippen LogP contribution in [-0.2, 0) is 20.2 Å². The van der Waals surface area contributed by atoms with E-state index in [2.05, 4.69) is 8.37 Å². The molecular weight excluding hydrogens is 602 g/mol. The molecule has 0 spiro atoms. The number of benzene rings is 3. The third-order valence-electron chi connectivity index (χ3n) is 5.08. The van der Waals surface area contributed by atoms with E-state index < -0.39 is 54.1 Å². The third-order valence-corrected chi connectivity index (χ3v) is 8.39. The maximum atomic E-state index is 12.8. The second-order valence-electron chi connectivity index (χ2n) is 7.82. The lowest BCUT2D eigenvalue weighted by atomic mass is 10.00. The summed E-state index contributed by atoms with van der Waals surface area (Å²) >= 11 is 1.09. The Morgan fingerprint density at radius 3 is 1.92 bits per heavy atom. The lowest BCUT2D eigenvalue weighted by molar-refractivity contribution is -0.0504. The van der Waals surface area contributed by atoms with Gasteiger partial charge in [-0.1, -0.05) is 24.3 Å². The molecule has 4 rings (SSSR count). The fourth-order valence-electron chi connectivity index (χ4n) is 3.37. The van der Waals surface area contributed by atoms with Crippen LogP contribution in [0.25, 0.3) is 0 Å². The summed E-state index contributed by atoms with van der Waals surface area (Å²) in [4.78, 5) is 0.418. The van der Waals surface area contributed by atoms with Gasteiger partial charge in [0.25, 0.3) is 0 Å². The van der Waals surface area contributed by atoms with Crippen molar-refractivity contribution in [3.05, 3.63) is 77.9 Å². The average Bonchev–Trinajstić information content (AvgIpc) is 2.82. The molecule has 0 bridgehead atoms. The molecule has 0 saturated heterocycles. The Hall–Kier alpha value is -3.31. The maximum absolute atomic E-state index is 12.8. The minimum absolute atomic E-state index is 0.122. The van der Waals surface area contributed by atoms with Gasteiger partial charge in [0.05, 0.1) is 10.1 Å². The van der Waals surface area contributed by atoms with Crippen molar-refractivity contribution in [2.45, 2.75) is 27.3 Å². The molecule has 1 N–H and O–H groups in total. The van der Waals surface area contributed by atoms with Gasteiger partial charge in [0.1, 0.15) is 29.1 Å². The smallest absolute Gasteiger partial charge is 0.508 e. The van der Waals surface area contributed by atoms with Crippen LogP contribution < -0.4 is 13.1 Å². The van der Waals surface area contributed by atoms with Gasteiger partial charge in [0.2, 0.25) is 0 Å². The molecule has 17 heteroatoms. The van der Waals surface area contributed by atoms with E-state index >= 15 is 0 Å². The Morgan fingerprint density at radius 1 is 0.744 bits per heavy atom. The number of thioether (sulfide) groups is 1. The van der Waals surface area contributed by atoms with Crippen molar-refractivity contribution in [2.24, 2.45) is 0 Å². The molecule has 1 aliphatic rings. The van der Waals surface area contributed by atoms with Crippen molar-refractivity contribution in [2.75, 3.05) is 0 Å². The van der Waals surface area contributed by atoms with Gasteiger partial charge in [-0.2, -0.15) is 43.2 Å². The minimum Gasteiger partial charge on any atom is -0.508 e. The van der Waals surface area contributed by atoms with E-state index in [1.807, 2.05) is 0 Å². The van der Waals surface area contributed by atoms with Crippen LogP contribution in [0, 0.1) is 0 Å². The van der Waals surface area contributed by atoms with Crippen LogP contribution in [-0.4, -0.2) is 33.0 Å². The number of fused-ring (bicyclic) bond motifs is 1. The van der Waals surface area contributed by atoms with Crippen LogP contribution in [0.3, 0.4) is 0 Å². The van der Waals surface area contributed by atoms with Crippen molar-refractivity contribution in [3.8, 4) is 23.0 Å². The van der Waals surface area contributed by atoms with Crippen molar-refractivity contribution < 1.29 is 61.4 Å². The van der Waals surface area contributed by atoms with Crippen LogP contribution >= 0.6 is 11.8 Å². The molecule has 0 fully saturated rings. The number of hydrogen-bond acceptors (Lipinski definition) is 9. The highest BCUT2D eigenvalue weighted by molar-refractivity contribution is 7.99. The molecule has 0 unspecified atom stereocenters. The number of phenols is 1. The lowest BCUT2D eigenvalue weighted by Crippen LogP contribution is -2.28. The standard InChI is InChI=1S/C22H14F6O8S3/c23-21(24,25)38(30,31)35-15-7-4-12(5-8-15)19-20(37-18-11-14(29)6-9-17(18)34-19)13-2-1-3-16(10-13)36-39(32,33)22(26,27)28/h1-11,19-20,29H/t19-,20+/m0/s1. The van der Waals surface area contributed by atoms with E-state index in [1.165, 1.54) is 42.5 Å². The predicted octanol–water partition coefficient (Wildman–Crippen LogP) is 5.82. The third kappa shape index (κ3) is 6.14. The SMILES string of the molecule is O=S(=O)(Oc1ccc([C@@H]2Oc3ccc(O)cc3S[C@@H]2c2cccc(OS(=O)(=O)C(F)(F)F)c2)cc1)C(F)(F)F. The summed E-state index contributed by atoms with van der Waals surface area (Å²) in [7, 11) is -11.9. The Labute approximate surface area is 221 Å². The van der Waals surface area contributed by atoms with Crippen LogP contribution in [0.2, 0.25) is 0 Å². The van der Waals surface area contributed by atoms with Gasteiger partial charge in [0, 0.05) is 0 Å². The highest BCUT2D eigenvalue weighted by Gasteiger charge is 2.49. The van der Waals surface area contributed by atoms with Gasteiger partial charge in [0.15, 0.2) is 0 Å². The van der Waals surface area contributed by atoms with Gasteiger partial charge in [-0.3, -0.25) is 0 Å². The van der Waals surface area contributed by atoms with Gasteiger partial charge < -0.3 is 18.2 Å². The fourth-order valence-corrected chi connectivity index (χ4v) is 5.60. The predicted molar refractivity (Wildman–Crippen MR) is 124 cm³/mol. The molecule has 3 aromatic rings. The van der Waals surface area contributed by atoms with Crippen molar-refractivity contribution in [1.29, 1.82) is 0 Å². The Bertz CT molecular complexity index is 1590. The van der Waals surface area contributed by atoms with E-state index in [0.29, 0.717) is 4.90 Å². The normalized spacial score (nSPS) is 18.1. The summed E-state index contributed by atoms with van der Waals surface area (Å²) in [6, 6.07) is 13.2. The van der Waals surface area contributed by atoms with Gasteiger partial charge >= 0.3 is 31.3 Å². The fraction of sp³-hybridized carbons (Fsp3) is 0.182. The summed E-state index contributed by atoms with van der Waals surface area (Å²) < 4.78 is 136. The van der Waals surface area contributed by atoms with E-state index in [1.54, 1.807) is 0 Å². The van der Waals surface area contributed by atoms with Gasteiger partial charge in [-0.25, -0.2) is 0 Å². The van der Waals surface area contributed by atoms with E-state index in [9.17, 15) is 48.3 Å². The molecular formula is C22H14F6O8S3. The number of phenolic OH excluding ortho intramolecular Hbond substituents is 1. The highest BCUT2D eigenvalue weighted by atomic mass is 32.2. The molecule has 39 heavy (non-hydrogen) atoms. The number of ether oxygens (including phenoxy) is 1. The maximum Gasteiger partial charge on any atom is 0.534 e. The van der Waals surface area contributed by atoms with Crippen LogP contribution in [0.1, 0.15) is 22.5 Å². The van der Waals surface area contributed by atoms with Crippen LogP contribution in [0.5, 0.6) is 23.0 Å². The Kier molecular flexibility index (Phi) is 7.37. The molecule has 1 heterocycles. The topological polar surface area (TPSA) is 116 Å². The molecule has 2 atom stereocenters. The zero-order valence-electron chi connectivity index (χ0n) is 18.8. The molecule has 0 aromatic heterocycles. The van der Waals surface area contributed by atoms with Crippen LogP contribution in [0.4, 0.5) is 26.3 Å². The van der Waals surface area contributed by atoms with Crippen LogP contribution in [0.15, 0.2) is 71.6 Å². The van der Waals surface area contributed by atoms with E-state index in [4.69, 9.17) is 4.74 Å². The molecule has 210 valence electrons. The summed E-state index contributed by atoms with van der Waals surface area (Å²) in [5, 5.41) is 9.03. The van der Waals surface area contributed by atoms with Gasteiger partial charge in [-0.15, -0.1) is 11.8 Å². The lowest BCUT2D eigenvalue weighted by Gasteiger charge is -2.34. The first-order valence-electron chi connectivity index (χ1n) is 10.3. The summed E-state index contributed by atoms with van der Waals surface area (Å²) in [6.45, 7) is 0. The number of aromatic hydroxyl groups is 1. The second-order valence-corrected chi connectivity index (χ2v) is 12.1. The molecule has 0 aliphatic carbocycles. The summed E-state index contributed by atoms with van der Waals surface area (Å²) in [6.07, 6.45) is -0.977. The van der Waals surface area contributed by atoms with Gasteiger partial charge in [-0.05, 0) is 53.6 Å². The Balaban J connectivity index is 1.70. The number of alkyl halides is 6. The monoisotopic (exact) mass is 616 g/mol. The number of halogens is 6. The number of rotatable bonds is 6. The molecule has 0 amide bonds. The quantitative estimate of drug-likeness (QED) is 0.208.